The van der Waals surface area contributed by atoms with E-state index in [1.807, 2.05) is 0 Å². The molecule has 0 heterocycles. The molecular formula is C17H33NO. The third-order valence-corrected chi connectivity index (χ3v) is 4.80. The second kappa shape index (κ2) is 8.60. The lowest BCUT2D eigenvalue weighted by Crippen LogP contribution is -2.27. The predicted octanol–water partition coefficient (Wildman–Crippen LogP) is 4.52. The lowest BCUT2D eigenvalue weighted by atomic mass is 9.78. The number of carbonyl (C=O) groups is 1. The Morgan fingerprint density at radius 1 is 1.05 bits per heavy atom. The Labute approximate surface area is 119 Å². The lowest BCUT2D eigenvalue weighted by molar-refractivity contribution is -0.122. The third kappa shape index (κ3) is 6.98. The van der Waals surface area contributed by atoms with Crippen molar-refractivity contribution in [2.75, 3.05) is 0 Å². The van der Waals surface area contributed by atoms with E-state index in [1.165, 1.54) is 44.9 Å². The SMILES string of the molecule is CC(C)CCCC(C)CCC1CCC(C(N)=O)CC1. The van der Waals surface area contributed by atoms with E-state index < -0.39 is 0 Å². The Hall–Kier alpha value is -0.530. The number of rotatable bonds is 8. The summed E-state index contributed by atoms with van der Waals surface area (Å²) in [6, 6.07) is 0. The fourth-order valence-electron chi connectivity index (χ4n) is 3.27. The molecule has 0 aliphatic heterocycles. The van der Waals surface area contributed by atoms with Crippen molar-refractivity contribution < 1.29 is 4.79 Å². The highest BCUT2D eigenvalue weighted by molar-refractivity contribution is 5.76. The van der Waals surface area contributed by atoms with Gasteiger partial charge in [0.25, 0.3) is 0 Å². The molecule has 1 amide bonds. The fourth-order valence-corrected chi connectivity index (χ4v) is 3.27. The number of primary amides is 1. The molecule has 2 nitrogen and oxygen atoms in total. The molecule has 0 aromatic carbocycles. The smallest absolute Gasteiger partial charge is 0.220 e. The average molecular weight is 267 g/mol. The zero-order valence-electron chi connectivity index (χ0n) is 13.2. The van der Waals surface area contributed by atoms with Crippen LogP contribution in [0.3, 0.4) is 0 Å². The number of hydrogen-bond acceptors (Lipinski definition) is 1. The molecule has 19 heavy (non-hydrogen) atoms. The number of carbonyl (C=O) groups excluding carboxylic acids is 1. The van der Waals surface area contributed by atoms with Gasteiger partial charge in [-0.1, -0.05) is 52.9 Å². The molecule has 0 saturated heterocycles. The summed E-state index contributed by atoms with van der Waals surface area (Å²) in [5.74, 6) is 2.65. The lowest BCUT2D eigenvalue weighted by Gasteiger charge is -2.27. The second-order valence-electron chi connectivity index (χ2n) is 7.13. The molecule has 1 fully saturated rings. The Morgan fingerprint density at radius 3 is 2.21 bits per heavy atom. The molecule has 1 rings (SSSR count). The summed E-state index contributed by atoms with van der Waals surface area (Å²) in [6.07, 6.45) is 11.3. The van der Waals surface area contributed by atoms with Crippen LogP contribution in [0.4, 0.5) is 0 Å². The van der Waals surface area contributed by atoms with Gasteiger partial charge in [0.15, 0.2) is 0 Å². The zero-order valence-corrected chi connectivity index (χ0v) is 13.2. The van der Waals surface area contributed by atoms with Crippen molar-refractivity contribution >= 4 is 5.91 Å². The maximum absolute atomic E-state index is 11.1. The second-order valence-corrected chi connectivity index (χ2v) is 7.13. The van der Waals surface area contributed by atoms with Gasteiger partial charge in [-0.2, -0.15) is 0 Å². The number of hydrogen-bond donors (Lipinski definition) is 1. The van der Waals surface area contributed by atoms with Gasteiger partial charge >= 0.3 is 0 Å². The first-order valence-electron chi connectivity index (χ1n) is 8.28. The van der Waals surface area contributed by atoms with E-state index in [2.05, 4.69) is 20.8 Å². The standard InChI is InChI=1S/C17H33NO/c1-13(2)5-4-6-14(3)7-8-15-9-11-16(12-10-15)17(18)19/h13-16H,4-12H2,1-3H3,(H2,18,19). The molecule has 1 aliphatic rings. The monoisotopic (exact) mass is 267 g/mol. The molecule has 0 aromatic heterocycles. The Balaban J connectivity index is 2.08. The van der Waals surface area contributed by atoms with E-state index in [4.69, 9.17) is 5.73 Å². The molecule has 1 atom stereocenters. The topological polar surface area (TPSA) is 43.1 Å². The van der Waals surface area contributed by atoms with Crippen LogP contribution in [0.5, 0.6) is 0 Å². The zero-order chi connectivity index (χ0) is 14.3. The van der Waals surface area contributed by atoms with Gasteiger partial charge in [-0.25, -0.2) is 0 Å². The molecule has 2 heteroatoms. The highest BCUT2D eigenvalue weighted by atomic mass is 16.1. The summed E-state index contributed by atoms with van der Waals surface area (Å²) < 4.78 is 0. The normalized spacial score (nSPS) is 25.5. The van der Waals surface area contributed by atoms with Crippen molar-refractivity contribution in [1.82, 2.24) is 0 Å². The highest BCUT2D eigenvalue weighted by Gasteiger charge is 2.24. The van der Waals surface area contributed by atoms with Gasteiger partial charge in [0.2, 0.25) is 5.91 Å². The molecule has 2 N–H and O–H groups in total. The van der Waals surface area contributed by atoms with Crippen LogP contribution in [0.15, 0.2) is 0 Å². The van der Waals surface area contributed by atoms with E-state index in [0.717, 1.165) is 30.6 Å². The predicted molar refractivity (Wildman–Crippen MR) is 81.7 cm³/mol. The molecular weight excluding hydrogens is 234 g/mol. The Bertz CT molecular complexity index is 254. The Morgan fingerprint density at radius 2 is 1.68 bits per heavy atom. The Kier molecular flexibility index (Phi) is 7.48. The first kappa shape index (κ1) is 16.5. The minimum Gasteiger partial charge on any atom is -0.369 e. The summed E-state index contributed by atoms with van der Waals surface area (Å²) >= 11 is 0. The summed E-state index contributed by atoms with van der Waals surface area (Å²) in [5.41, 5.74) is 5.38. The van der Waals surface area contributed by atoms with E-state index in [0.29, 0.717) is 0 Å². The van der Waals surface area contributed by atoms with Crippen LogP contribution in [0.1, 0.15) is 78.6 Å². The van der Waals surface area contributed by atoms with Crippen LogP contribution in [0, 0.1) is 23.7 Å². The van der Waals surface area contributed by atoms with Gasteiger partial charge < -0.3 is 5.73 Å². The maximum atomic E-state index is 11.1. The van der Waals surface area contributed by atoms with Crippen LogP contribution >= 0.6 is 0 Å². The van der Waals surface area contributed by atoms with E-state index in [9.17, 15) is 4.79 Å². The van der Waals surface area contributed by atoms with Crippen LogP contribution < -0.4 is 5.73 Å². The molecule has 1 unspecified atom stereocenters. The van der Waals surface area contributed by atoms with Crippen molar-refractivity contribution in [2.24, 2.45) is 29.4 Å². The molecule has 0 spiro atoms. The van der Waals surface area contributed by atoms with E-state index in [1.54, 1.807) is 0 Å². The molecule has 0 aromatic rings. The van der Waals surface area contributed by atoms with Crippen molar-refractivity contribution in [2.45, 2.75) is 78.6 Å². The van der Waals surface area contributed by atoms with Crippen LogP contribution in [-0.4, -0.2) is 5.91 Å². The van der Waals surface area contributed by atoms with Crippen LogP contribution in [0.2, 0.25) is 0 Å². The summed E-state index contributed by atoms with van der Waals surface area (Å²) in [4.78, 5) is 11.1. The van der Waals surface area contributed by atoms with Gasteiger partial charge in [-0.15, -0.1) is 0 Å². The first-order chi connectivity index (χ1) is 8.99. The molecule has 1 aliphatic carbocycles. The molecule has 0 radical (unpaired) electrons. The van der Waals surface area contributed by atoms with E-state index in [-0.39, 0.29) is 11.8 Å². The summed E-state index contributed by atoms with van der Waals surface area (Å²) in [6.45, 7) is 7.01. The van der Waals surface area contributed by atoms with Crippen molar-refractivity contribution in [1.29, 1.82) is 0 Å². The van der Waals surface area contributed by atoms with Crippen molar-refractivity contribution in [3.8, 4) is 0 Å². The van der Waals surface area contributed by atoms with Gasteiger partial charge in [0.1, 0.15) is 0 Å². The van der Waals surface area contributed by atoms with E-state index >= 15 is 0 Å². The van der Waals surface area contributed by atoms with Crippen molar-refractivity contribution in [3.63, 3.8) is 0 Å². The summed E-state index contributed by atoms with van der Waals surface area (Å²) in [7, 11) is 0. The number of amides is 1. The van der Waals surface area contributed by atoms with Crippen LogP contribution in [-0.2, 0) is 4.79 Å². The minimum absolute atomic E-state index is 0.0829. The van der Waals surface area contributed by atoms with Crippen LogP contribution in [0.25, 0.3) is 0 Å². The minimum atomic E-state index is -0.0829. The average Bonchev–Trinajstić information content (AvgIpc) is 2.36. The highest BCUT2D eigenvalue weighted by Crippen LogP contribution is 2.32. The first-order valence-corrected chi connectivity index (χ1v) is 8.28. The fraction of sp³-hybridized carbons (Fsp3) is 0.941. The molecule has 1 saturated carbocycles. The molecule has 0 bridgehead atoms. The third-order valence-electron chi connectivity index (χ3n) is 4.80. The largest absolute Gasteiger partial charge is 0.369 e. The van der Waals surface area contributed by atoms with Gasteiger partial charge in [-0.05, 0) is 43.4 Å². The number of nitrogens with two attached hydrogens (primary N) is 1. The quantitative estimate of drug-likeness (QED) is 0.690. The van der Waals surface area contributed by atoms with Crippen molar-refractivity contribution in [3.05, 3.63) is 0 Å². The summed E-state index contributed by atoms with van der Waals surface area (Å²) in [5, 5.41) is 0. The van der Waals surface area contributed by atoms with Gasteiger partial charge in [0, 0.05) is 5.92 Å². The van der Waals surface area contributed by atoms with Gasteiger partial charge in [0.05, 0.1) is 0 Å². The maximum Gasteiger partial charge on any atom is 0.220 e. The van der Waals surface area contributed by atoms with Gasteiger partial charge in [-0.3, -0.25) is 4.79 Å². The molecule has 112 valence electrons.